The molecule has 20 heteroatoms. The van der Waals surface area contributed by atoms with E-state index in [-0.39, 0.29) is 77.1 Å². The Labute approximate surface area is 626 Å². The van der Waals surface area contributed by atoms with Crippen LogP contribution in [0.4, 0.5) is 0 Å². The predicted molar refractivity (Wildman–Crippen MR) is 421 cm³/mol. The van der Waals surface area contributed by atoms with Gasteiger partial charge in [0.05, 0.1) is 26.4 Å². The van der Waals surface area contributed by atoms with Gasteiger partial charge >= 0.3 is 39.5 Å². The second-order valence-electron chi connectivity index (χ2n) is 29.2. The van der Waals surface area contributed by atoms with Crippen LogP contribution in [0.15, 0.2) is 0 Å². The lowest BCUT2D eigenvalue weighted by Crippen LogP contribution is -2.29. The van der Waals surface area contributed by atoms with E-state index in [2.05, 4.69) is 27.7 Å². The zero-order valence-corrected chi connectivity index (χ0v) is 68.5. The number of carbonyl (C=O) groups excluding carboxylic acids is 4. The summed E-state index contributed by atoms with van der Waals surface area (Å²) in [6.07, 6.45) is 73.9. The summed E-state index contributed by atoms with van der Waals surface area (Å²) in [4.78, 5) is 69.6. The number of carbonyl (C=O) groups is 4. The molecule has 0 radical (unpaired) electrons. The highest BCUT2D eigenvalue weighted by Gasteiger charge is 2.28. The van der Waals surface area contributed by atoms with Gasteiger partial charge in [0.15, 0.2) is 12.2 Å². The Balaban J connectivity index is 0. The third kappa shape index (κ3) is 82.1. The van der Waals surface area contributed by atoms with Gasteiger partial charge in [-0.05, 0) is 25.7 Å². The number of phosphoric acid groups is 2. The third-order valence-electron chi connectivity index (χ3n) is 19.0. The van der Waals surface area contributed by atoms with Crippen LogP contribution in [0.2, 0.25) is 0 Å². The molecule has 0 aromatic carbocycles. The molecule has 102 heavy (non-hydrogen) atoms. The fourth-order valence-corrected chi connectivity index (χ4v) is 14.1. The van der Waals surface area contributed by atoms with Crippen molar-refractivity contribution < 1.29 is 75.1 Å². The van der Waals surface area contributed by atoms with Gasteiger partial charge in [0.2, 0.25) is 0 Å². The summed E-state index contributed by atoms with van der Waals surface area (Å²) < 4.78 is 65.5. The highest BCUT2D eigenvalue weighted by atomic mass is 31.2. The van der Waals surface area contributed by atoms with Gasteiger partial charge in [0.25, 0.3) is 0 Å². The zero-order chi connectivity index (χ0) is 75.0. The van der Waals surface area contributed by atoms with E-state index >= 15 is 0 Å². The molecule has 0 amide bonds. The Bertz CT molecular complexity index is 1760. The summed E-state index contributed by atoms with van der Waals surface area (Å²) in [5.74, 6) is -1.63. The van der Waals surface area contributed by atoms with E-state index in [9.17, 15) is 38.1 Å². The molecule has 0 aromatic rings. The van der Waals surface area contributed by atoms with Crippen molar-refractivity contribution in [3.05, 3.63) is 0 Å². The summed E-state index contributed by atoms with van der Waals surface area (Å²) >= 11 is 0. The molecule has 0 aliphatic rings. The van der Waals surface area contributed by atoms with Gasteiger partial charge in [-0.15, -0.1) is 0 Å². The fraction of sp³-hybridized carbons (Fsp3) is 0.951. The van der Waals surface area contributed by atoms with Crippen molar-refractivity contribution in [2.24, 2.45) is 11.5 Å². The summed E-state index contributed by atoms with van der Waals surface area (Å²) in [6.45, 7) is 7.54. The molecule has 0 rings (SSSR count). The molecule has 0 spiro atoms. The first-order valence-electron chi connectivity index (χ1n) is 43.0. The van der Waals surface area contributed by atoms with Crippen molar-refractivity contribution in [2.75, 3.05) is 52.7 Å². The molecule has 0 fully saturated rings. The van der Waals surface area contributed by atoms with Crippen LogP contribution < -0.4 is 11.5 Å². The van der Waals surface area contributed by atoms with Gasteiger partial charge in [-0.2, -0.15) is 0 Å². The molecule has 0 saturated heterocycles. The van der Waals surface area contributed by atoms with Crippen LogP contribution in [-0.2, 0) is 65.4 Å². The van der Waals surface area contributed by atoms with Gasteiger partial charge < -0.3 is 40.2 Å². The topological polar surface area (TPSA) is 269 Å². The Kier molecular flexibility index (Phi) is 81.6. The maximum atomic E-state index is 12.6. The standard InChI is InChI=1S/2C41H82NO8P/c2*1-3-5-7-9-11-13-15-17-19-21-23-25-27-29-31-33-40(43)47-37-39(38-49-51(45,46)48-36-35-42)50-41(44)34-32-30-28-26-24-22-20-18-16-14-12-10-8-6-4-2/h2*39H,3-38,42H2,1-2H3,(H,45,46)/t2*39-/m11/s1. The van der Waals surface area contributed by atoms with Crippen molar-refractivity contribution in [3.8, 4) is 0 Å². The minimum absolute atomic E-state index is 0.0580. The summed E-state index contributed by atoms with van der Waals surface area (Å²) in [6, 6.07) is 0. The number of rotatable bonds is 82. The fourth-order valence-electron chi connectivity index (χ4n) is 12.6. The maximum absolute atomic E-state index is 12.6. The Morgan fingerprint density at radius 2 is 0.422 bits per heavy atom. The van der Waals surface area contributed by atoms with Gasteiger partial charge in [-0.3, -0.25) is 37.3 Å². The number of hydrogen-bond acceptors (Lipinski definition) is 16. The summed E-state index contributed by atoms with van der Waals surface area (Å²) in [5.41, 5.74) is 10.7. The van der Waals surface area contributed by atoms with Crippen LogP contribution >= 0.6 is 15.6 Å². The first kappa shape index (κ1) is 102. The van der Waals surface area contributed by atoms with Gasteiger partial charge in [0.1, 0.15) is 13.2 Å². The average Bonchev–Trinajstić information content (AvgIpc) is 0.947. The molecule has 608 valence electrons. The predicted octanol–water partition coefficient (Wildman–Crippen LogP) is 24.1. The molecule has 0 heterocycles. The van der Waals surface area contributed by atoms with E-state index in [4.69, 9.17) is 48.5 Å². The Morgan fingerprint density at radius 1 is 0.255 bits per heavy atom. The largest absolute Gasteiger partial charge is 0.472 e. The van der Waals surface area contributed by atoms with E-state index < -0.39 is 53.0 Å². The van der Waals surface area contributed by atoms with Crippen LogP contribution in [0.3, 0.4) is 0 Å². The van der Waals surface area contributed by atoms with E-state index in [0.717, 1.165) is 64.2 Å². The molecular formula is C82H164N2O16P2. The van der Waals surface area contributed by atoms with Crippen LogP contribution in [-0.4, -0.2) is 98.6 Å². The number of nitrogens with two attached hydrogens (primary N) is 2. The maximum Gasteiger partial charge on any atom is 0.472 e. The normalized spacial score (nSPS) is 13.3. The first-order chi connectivity index (χ1) is 49.7. The number of hydrogen-bond donors (Lipinski definition) is 4. The van der Waals surface area contributed by atoms with Crippen molar-refractivity contribution in [2.45, 2.75) is 451 Å². The molecule has 0 bridgehead atoms. The monoisotopic (exact) mass is 1500 g/mol. The van der Waals surface area contributed by atoms with Crippen LogP contribution in [0, 0.1) is 0 Å². The van der Waals surface area contributed by atoms with Crippen molar-refractivity contribution in [1.29, 1.82) is 0 Å². The average molecular weight is 1500 g/mol. The van der Waals surface area contributed by atoms with E-state index in [1.54, 1.807) is 0 Å². The summed E-state index contributed by atoms with van der Waals surface area (Å²) in [7, 11) is -8.73. The molecule has 0 aliphatic heterocycles. The van der Waals surface area contributed by atoms with Gasteiger partial charge in [-0.25, -0.2) is 9.13 Å². The molecule has 6 N–H and O–H groups in total. The second kappa shape index (κ2) is 81.5. The lowest BCUT2D eigenvalue weighted by molar-refractivity contribution is -0.161. The highest BCUT2D eigenvalue weighted by molar-refractivity contribution is 7.47. The molecule has 2 unspecified atom stereocenters. The Hall–Kier alpha value is -1.98. The van der Waals surface area contributed by atoms with Crippen LogP contribution in [0.5, 0.6) is 0 Å². The zero-order valence-electron chi connectivity index (χ0n) is 66.7. The second-order valence-corrected chi connectivity index (χ2v) is 32.1. The first-order valence-corrected chi connectivity index (χ1v) is 46.0. The molecule has 0 aliphatic carbocycles. The van der Waals surface area contributed by atoms with Crippen molar-refractivity contribution in [3.63, 3.8) is 0 Å². The summed E-state index contributed by atoms with van der Waals surface area (Å²) in [5, 5.41) is 0. The van der Waals surface area contributed by atoms with Crippen LogP contribution in [0.25, 0.3) is 0 Å². The number of ether oxygens (including phenoxy) is 4. The van der Waals surface area contributed by atoms with Crippen LogP contribution in [0.1, 0.15) is 439 Å². The molecule has 4 atom stereocenters. The Morgan fingerprint density at radius 3 is 0.598 bits per heavy atom. The lowest BCUT2D eigenvalue weighted by Gasteiger charge is -2.19. The van der Waals surface area contributed by atoms with E-state index in [1.807, 2.05) is 0 Å². The minimum atomic E-state index is -4.37. The molecule has 18 nitrogen and oxygen atoms in total. The van der Waals surface area contributed by atoms with E-state index in [1.165, 1.54) is 308 Å². The SMILES string of the molecule is CCCCCCCCCCCCCCCCCC(=O)OC[C@H](COP(=O)(O)OCCN)OC(=O)CCCCCCCCCCCCCCCCC.CCCCCCCCCCCCCCCCCC(=O)OC[C@H](COP(=O)(O)OCCN)OC(=O)CCCCCCCCCCCCCCCCC. The number of phosphoric ester groups is 2. The minimum Gasteiger partial charge on any atom is -0.462 e. The lowest BCUT2D eigenvalue weighted by atomic mass is 10.0. The third-order valence-corrected chi connectivity index (χ3v) is 21.0. The number of unbranched alkanes of at least 4 members (excludes halogenated alkanes) is 56. The molecule has 0 saturated carbocycles. The van der Waals surface area contributed by atoms with Gasteiger partial charge in [0, 0.05) is 38.8 Å². The quantitative estimate of drug-likeness (QED) is 0.0191. The van der Waals surface area contributed by atoms with E-state index in [0.29, 0.717) is 12.8 Å². The number of esters is 4. The molecule has 0 aromatic heterocycles. The van der Waals surface area contributed by atoms with Crippen molar-refractivity contribution >= 4 is 39.5 Å². The molecular weight excluding hydrogens is 1330 g/mol. The highest BCUT2D eigenvalue weighted by Crippen LogP contribution is 2.44. The smallest absolute Gasteiger partial charge is 0.462 e. The van der Waals surface area contributed by atoms with Crippen molar-refractivity contribution in [1.82, 2.24) is 0 Å². The van der Waals surface area contributed by atoms with Gasteiger partial charge in [-0.1, -0.05) is 387 Å².